The number of aromatic nitrogens is 2. The molecule has 8 heteroatoms. The molecule has 1 aromatic rings. The fourth-order valence-electron chi connectivity index (χ4n) is 2.99. The average Bonchev–Trinajstić information content (AvgIpc) is 2.91. The minimum Gasteiger partial charge on any atom is -0.335 e. The van der Waals surface area contributed by atoms with Gasteiger partial charge in [0.25, 0.3) is 10.0 Å². The quantitative estimate of drug-likeness (QED) is 0.834. The van der Waals surface area contributed by atoms with Crippen molar-refractivity contribution in [1.82, 2.24) is 24.1 Å². The highest BCUT2D eigenvalue weighted by Gasteiger charge is 2.40. The highest BCUT2D eigenvalue weighted by atomic mass is 32.2. The zero-order valence-electron chi connectivity index (χ0n) is 12.6. The van der Waals surface area contributed by atoms with Crippen LogP contribution in [-0.4, -0.2) is 83.8 Å². The number of hydrogen-bond donors (Lipinski definition) is 1. The zero-order valence-corrected chi connectivity index (χ0v) is 13.4. The topological polar surface area (TPSA) is 72.5 Å². The van der Waals surface area contributed by atoms with Crippen LogP contribution in [0.1, 0.15) is 13.8 Å². The Hall–Kier alpha value is -0.960. The third kappa shape index (κ3) is 2.85. The lowest BCUT2D eigenvalue weighted by Gasteiger charge is -2.47. The molecule has 0 bridgehead atoms. The van der Waals surface area contributed by atoms with Crippen LogP contribution in [0.4, 0.5) is 0 Å². The Labute approximate surface area is 126 Å². The van der Waals surface area contributed by atoms with Crippen molar-refractivity contribution in [2.45, 2.75) is 31.0 Å². The van der Waals surface area contributed by atoms with E-state index in [0.717, 1.165) is 26.2 Å². The van der Waals surface area contributed by atoms with Crippen molar-refractivity contribution in [2.24, 2.45) is 0 Å². The van der Waals surface area contributed by atoms with Crippen LogP contribution in [-0.2, 0) is 10.0 Å². The van der Waals surface area contributed by atoms with Gasteiger partial charge in [0.15, 0.2) is 5.03 Å². The first-order valence-corrected chi connectivity index (χ1v) is 8.89. The van der Waals surface area contributed by atoms with Crippen LogP contribution in [0.3, 0.4) is 0 Å². The number of nitrogens with zero attached hydrogens (tertiary/aromatic N) is 4. The van der Waals surface area contributed by atoms with E-state index in [1.807, 2.05) is 0 Å². The third-order valence-electron chi connectivity index (χ3n) is 4.52. The van der Waals surface area contributed by atoms with E-state index in [1.54, 1.807) is 0 Å². The van der Waals surface area contributed by atoms with Gasteiger partial charge in [-0.2, -0.15) is 4.31 Å². The lowest BCUT2D eigenvalue weighted by Crippen LogP contribution is -2.64. The van der Waals surface area contributed by atoms with Crippen molar-refractivity contribution in [3.05, 3.63) is 12.5 Å². The van der Waals surface area contributed by atoms with E-state index in [1.165, 1.54) is 16.8 Å². The van der Waals surface area contributed by atoms with Crippen molar-refractivity contribution in [1.29, 1.82) is 0 Å². The van der Waals surface area contributed by atoms with Crippen LogP contribution in [0.2, 0.25) is 0 Å². The van der Waals surface area contributed by atoms with E-state index >= 15 is 0 Å². The smallest absolute Gasteiger partial charge is 0.260 e. The molecule has 0 saturated carbocycles. The van der Waals surface area contributed by atoms with Crippen molar-refractivity contribution < 1.29 is 8.42 Å². The van der Waals surface area contributed by atoms with Crippen LogP contribution in [0.25, 0.3) is 0 Å². The summed E-state index contributed by atoms with van der Waals surface area (Å²) in [7, 11) is -3.38. The molecule has 2 aliphatic heterocycles. The summed E-state index contributed by atoms with van der Waals surface area (Å²) in [4.78, 5) is 11.3. The Morgan fingerprint density at radius 1 is 1.24 bits per heavy atom. The molecular weight excluding hydrogens is 290 g/mol. The Balaban J connectivity index is 1.53. The fraction of sp³-hybridized carbons (Fsp3) is 0.769. The molecule has 0 aliphatic carbocycles. The van der Waals surface area contributed by atoms with Crippen LogP contribution >= 0.6 is 0 Å². The minimum absolute atomic E-state index is 0.186. The van der Waals surface area contributed by atoms with Crippen molar-refractivity contribution in [3.8, 4) is 0 Å². The van der Waals surface area contributed by atoms with E-state index in [-0.39, 0.29) is 5.03 Å². The molecule has 1 N–H and O–H groups in total. The Morgan fingerprint density at radius 2 is 1.90 bits per heavy atom. The van der Waals surface area contributed by atoms with Crippen LogP contribution in [0, 0.1) is 0 Å². The van der Waals surface area contributed by atoms with Gasteiger partial charge < -0.3 is 4.98 Å². The second-order valence-corrected chi connectivity index (χ2v) is 7.96. The maximum absolute atomic E-state index is 12.3. The fourth-order valence-corrected chi connectivity index (χ4v) is 4.40. The molecule has 0 unspecified atom stereocenters. The molecule has 0 amide bonds. The van der Waals surface area contributed by atoms with E-state index in [2.05, 4.69) is 33.6 Å². The number of nitrogens with one attached hydrogen (secondary N) is 1. The highest BCUT2D eigenvalue weighted by molar-refractivity contribution is 7.89. The van der Waals surface area contributed by atoms with Gasteiger partial charge in [0, 0.05) is 51.4 Å². The van der Waals surface area contributed by atoms with Gasteiger partial charge in [-0.15, -0.1) is 0 Å². The summed E-state index contributed by atoms with van der Waals surface area (Å²) in [5, 5.41) is 0.186. The second kappa shape index (κ2) is 5.68. The Bertz CT molecular complexity index is 557. The molecule has 0 radical (unpaired) electrons. The molecule has 2 saturated heterocycles. The van der Waals surface area contributed by atoms with Crippen molar-refractivity contribution in [2.75, 3.05) is 39.3 Å². The first-order valence-electron chi connectivity index (χ1n) is 7.45. The molecule has 2 fully saturated rings. The molecule has 3 heterocycles. The molecule has 7 nitrogen and oxygen atoms in total. The van der Waals surface area contributed by atoms with Gasteiger partial charge in [0.05, 0.1) is 12.5 Å². The number of rotatable bonds is 4. The van der Waals surface area contributed by atoms with E-state index in [9.17, 15) is 8.42 Å². The number of piperazine rings is 1. The van der Waals surface area contributed by atoms with Crippen molar-refractivity contribution >= 4 is 10.0 Å². The molecule has 2 aliphatic rings. The average molecular weight is 313 g/mol. The molecule has 118 valence electrons. The summed E-state index contributed by atoms with van der Waals surface area (Å²) >= 11 is 0. The third-order valence-corrected chi connectivity index (χ3v) is 6.27. The van der Waals surface area contributed by atoms with E-state index < -0.39 is 10.0 Å². The second-order valence-electron chi connectivity index (χ2n) is 6.06. The number of sulfonamides is 1. The lowest BCUT2D eigenvalue weighted by atomic mass is 10.1. The predicted octanol–water partition coefficient (Wildman–Crippen LogP) is -0.191. The SMILES string of the molecule is CC(C)N1CCN(C2CN(S(=O)(=O)c3cnc[nH]3)C2)CC1. The Morgan fingerprint density at radius 3 is 2.43 bits per heavy atom. The summed E-state index contributed by atoms with van der Waals surface area (Å²) in [5.74, 6) is 0. The van der Waals surface area contributed by atoms with Gasteiger partial charge >= 0.3 is 0 Å². The summed E-state index contributed by atoms with van der Waals surface area (Å²) in [6, 6.07) is 0.947. The summed E-state index contributed by atoms with van der Waals surface area (Å²) in [6.07, 6.45) is 2.76. The number of hydrogen-bond acceptors (Lipinski definition) is 5. The number of imidazole rings is 1. The van der Waals surface area contributed by atoms with Gasteiger partial charge in [-0.25, -0.2) is 13.4 Å². The highest BCUT2D eigenvalue weighted by Crippen LogP contribution is 2.24. The van der Waals surface area contributed by atoms with Gasteiger partial charge in [-0.05, 0) is 13.8 Å². The van der Waals surface area contributed by atoms with Crippen LogP contribution < -0.4 is 0 Å². The normalized spacial score (nSPS) is 23.6. The number of H-pyrrole nitrogens is 1. The summed E-state index contributed by atoms with van der Waals surface area (Å²) < 4.78 is 26.1. The van der Waals surface area contributed by atoms with E-state index in [4.69, 9.17) is 0 Å². The van der Waals surface area contributed by atoms with Gasteiger partial charge in [0.2, 0.25) is 0 Å². The molecule has 0 atom stereocenters. The molecule has 3 rings (SSSR count). The standard InChI is InChI=1S/C13H23N5O2S/c1-11(2)16-3-5-17(6-4-16)12-8-18(9-12)21(19,20)13-7-14-10-15-13/h7,10-12H,3-6,8-9H2,1-2H3,(H,14,15). The maximum Gasteiger partial charge on any atom is 0.260 e. The summed E-state index contributed by atoms with van der Waals surface area (Å²) in [5.41, 5.74) is 0. The first-order chi connectivity index (χ1) is 9.98. The zero-order chi connectivity index (χ0) is 15.0. The summed E-state index contributed by atoms with van der Waals surface area (Å²) in [6.45, 7) is 9.81. The number of aromatic amines is 1. The van der Waals surface area contributed by atoms with Gasteiger partial charge in [-0.3, -0.25) is 9.80 Å². The van der Waals surface area contributed by atoms with Crippen LogP contribution in [0.5, 0.6) is 0 Å². The molecule has 0 spiro atoms. The van der Waals surface area contributed by atoms with Gasteiger partial charge in [-0.1, -0.05) is 0 Å². The predicted molar refractivity (Wildman–Crippen MR) is 79.4 cm³/mol. The molecule has 21 heavy (non-hydrogen) atoms. The van der Waals surface area contributed by atoms with Crippen LogP contribution in [0.15, 0.2) is 17.6 Å². The maximum atomic E-state index is 12.3. The molecule has 0 aromatic carbocycles. The van der Waals surface area contributed by atoms with Crippen molar-refractivity contribution in [3.63, 3.8) is 0 Å². The monoisotopic (exact) mass is 313 g/mol. The minimum atomic E-state index is -3.38. The molecular formula is C13H23N5O2S. The van der Waals surface area contributed by atoms with E-state index in [0.29, 0.717) is 25.2 Å². The lowest BCUT2D eigenvalue weighted by molar-refractivity contribution is 0.0315. The molecule has 1 aromatic heterocycles. The van der Waals surface area contributed by atoms with Gasteiger partial charge in [0.1, 0.15) is 0 Å². The Kier molecular flexibility index (Phi) is 4.04. The largest absolute Gasteiger partial charge is 0.335 e. The first kappa shape index (κ1) is 15.0.